The third-order valence-corrected chi connectivity index (χ3v) is 6.50. The average molecular weight is 394 g/mol. The Morgan fingerprint density at radius 2 is 1.93 bits per heavy atom. The summed E-state index contributed by atoms with van der Waals surface area (Å²) in [4.78, 5) is 23.8. The molecule has 0 spiro atoms. The minimum Gasteiger partial charge on any atom is -0.456 e. The van der Waals surface area contributed by atoms with Crippen molar-refractivity contribution in [3.8, 4) is 0 Å². The van der Waals surface area contributed by atoms with Crippen LogP contribution in [0.1, 0.15) is 33.1 Å². The largest absolute Gasteiger partial charge is 0.456 e. The zero-order valence-electron chi connectivity index (χ0n) is 15.8. The van der Waals surface area contributed by atoms with Crippen molar-refractivity contribution >= 4 is 27.6 Å². The normalized spacial score (nSPS) is 16.7. The predicted octanol–water partition coefficient (Wildman–Crippen LogP) is 2.55. The topological polar surface area (TPSA) is 92.8 Å². The Hall–Kier alpha value is -2.19. The number of carbonyl (C=O) groups is 2. The van der Waals surface area contributed by atoms with Crippen LogP contribution in [-0.4, -0.2) is 44.3 Å². The highest BCUT2D eigenvalue weighted by molar-refractivity contribution is 7.89. The lowest BCUT2D eigenvalue weighted by atomic mass is 10.1. The quantitative estimate of drug-likeness (QED) is 0.540. The number of rotatable bonds is 8. The number of esters is 1. The first kappa shape index (κ1) is 21.1. The van der Waals surface area contributed by atoms with Gasteiger partial charge in [0.05, 0.1) is 11.3 Å². The van der Waals surface area contributed by atoms with Crippen LogP contribution in [-0.2, 0) is 24.3 Å². The van der Waals surface area contributed by atoms with Gasteiger partial charge in [-0.25, -0.2) is 8.42 Å². The number of benzene rings is 1. The highest BCUT2D eigenvalue weighted by atomic mass is 32.2. The van der Waals surface area contributed by atoms with Gasteiger partial charge in [0, 0.05) is 18.8 Å². The van der Waals surface area contributed by atoms with E-state index in [1.165, 1.54) is 35.6 Å². The van der Waals surface area contributed by atoms with Gasteiger partial charge in [-0.1, -0.05) is 12.2 Å². The molecule has 0 heterocycles. The Morgan fingerprint density at radius 3 is 2.48 bits per heavy atom. The SMILES string of the molecule is CC(C)N(C)S(=O)(=O)c1ccc(NC(=O)COC(=O)C[C@@H]2C=CCC2)cc1. The number of allylic oxidation sites excluding steroid dienone is 2. The summed E-state index contributed by atoms with van der Waals surface area (Å²) in [5.41, 5.74) is 0.431. The minimum atomic E-state index is -3.57. The first-order valence-corrected chi connectivity index (χ1v) is 10.3. The number of sulfonamides is 1. The number of carbonyl (C=O) groups excluding carboxylic acids is 2. The summed E-state index contributed by atoms with van der Waals surface area (Å²) in [6.45, 7) is 3.21. The molecule has 2 rings (SSSR count). The lowest BCUT2D eigenvalue weighted by molar-refractivity contribution is -0.147. The monoisotopic (exact) mass is 394 g/mol. The van der Waals surface area contributed by atoms with Gasteiger partial charge in [-0.3, -0.25) is 9.59 Å². The minimum absolute atomic E-state index is 0.146. The summed E-state index contributed by atoms with van der Waals surface area (Å²) in [5.74, 6) is -0.681. The van der Waals surface area contributed by atoms with Gasteiger partial charge in [0.1, 0.15) is 0 Å². The molecule has 0 unspecified atom stereocenters. The molecule has 0 fully saturated rings. The Bertz CT molecular complexity index is 800. The Labute approximate surface area is 160 Å². The fourth-order valence-corrected chi connectivity index (χ4v) is 4.00. The molecule has 0 aliphatic heterocycles. The van der Waals surface area contributed by atoms with Gasteiger partial charge in [-0.05, 0) is 56.9 Å². The summed E-state index contributed by atoms with van der Waals surface area (Å²) in [5, 5.41) is 2.58. The summed E-state index contributed by atoms with van der Waals surface area (Å²) < 4.78 is 31.1. The van der Waals surface area contributed by atoms with E-state index < -0.39 is 21.9 Å². The van der Waals surface area contributed by atoms with E-state index in [9.17, 15) is 18.0 Å². The predicted molar refractivity (Wildman–Crippen MR) is 103 cm³/mol. The molecule has 1 aromatic carbocycles. The number of anilines is 1. The van der Waals surface area contributed by atoms with E-state index in [0.29, 0.717) is 5.69 Å². The van der Waals surface area contributed by atoms with Crippen LogP contribution in [0.5, 0.6) is 0 Å². The van der Waals surface area contributed by atoms with Crippen molar-refractivity contribution in [3.63, 3.8) is 0 Å². The third kappa shape index (κ3) is 5.90. The van der Waals surface area contributed by atoms with Crippen LogP contribution >= 0.6 is 0 Å². The molecule has 1 atom stereocenters. The van der Waals surface area contributed by atoms with Crippen LogP contribution in [0.15, 0.2) is 41.3 Å². The van der Waals surface area contributed by atoms with Gasteiger partial charge in [-0.2, -0.15) is 4.31 Å². The molecule has 0 aromatic heterocycles. The van der Waals surface area contributed by atoms with Gasteiger partial charge in [0.2, 0.25) is 10.0 Å². The van der Waals surface area contributed by atoms with Crippen molar-refractivity contribution in [1.82, 2.24) is 4.31 Å². The van der Waals surface area contributed by atoms with Gasteiger partial charge < -0.3 is 10.1 Å². The molecule has 1 amide bonds. The van der Waals surface area contributed by atoms with Crippen molar-refractivity contribution in [1.29, 1.82) is 0 Å². The Kier molecular flexibility index (Phi) is 7.15. The summed E-state index contributed by atoms with van der Waals surface area (Å²) in [7, 11) is -2.05. The van der Waals surface area contributed by atoms with Crippen LogP contribution in [0.25, 0.3) is 0 Å². The molecule has 8 heteroatoms. The zero-order chi connectivity index (χ0) is 20.0. The zero-order valence-corrected chi connectivity index (χ0v) is 16.7. The third-order valence-electron chi connectivity index (χ3n) is 4.45. The molecular weight excluding hydrogens is 368 g/mol. The molecule has 0 saturated carbocycles. The number of ether oxygens (including phenoxy) is 1. The lowest BCUT2D eigenvalue weighted by Crippen LogP contribution is -2.33. The molecule has 0 bridgehead atoms. The number of hydrogen-bond acceptors (Lipinski definition) is 5. The van der Waals surface area contributed by atoms with E-state index in [2.05, 4.69) is 5.32 Å². The molecule has 148 valence electrons. The van der Waals surface area contributed by atoms with E-state index in [1.54, 1.807) is 13.8 Å². The number of nitrogens with zero attached hydrogens (tertiary/aromatic N) is 1. The first-order chi connectivity index (χ1) is 12.7. The second kappa shape index (κ2) is 9.14. The second-order valence-electron chi connectivity index (χ2n) is 6.82. The average Bonchev–Trinajstić information content (AvgIpc) is 3.12. The molecular formula is C19H26N2O5S. The maximum Gasteiger partial charge on any atom is 0.306 e. The highest BCUT2D eigenvalue weighted by Gasteiger charge is 2.23. The van der Waals surface area contributed by atoms with Crippen LogP contribution < -0.4 is 5.32 Å². The lowest BCUT2D eigenvalue weighted by Gasteiger charge is -2.21. The van der Waals surface area contributed by atoms with Crippen molar-refractivity contribution in [2.24, 2.45) is 5.92 Å². The van der Waals surface area contributed by atoms with E-state index in [-0.39, 0.29) is 29.9 Å². The van der Waals surface area contributed by atoms with Gasteiger partial charge >= 0.3 is 5.97 Å². The Balaban J connectivity index is 1.85. The van der Waals surface area contributed by atoms with Gasteiger partial charge in [-0.15, -0.1) is 0 Å². The number of nitrogens with one attached hydrogen (secondary N) is 1. The maximum atomic E-state index is 12.4. The summed E-state index contributed by atoms with van der Waals surface area (Å²) in [6.07, 6.45) is 6.21. The summed E-state index contributed by atoms with van der Waals surface area (Å²) >= 11 is 0. The van der Waals surface area contributed by atoms with E-state index in [0.717, 1.165) is 12.8 Å². The second-order valence-corrected chi connectivity index (χ2v) is 8.82. The molecule has 1 aliphatic carbocycles. The maximum absolute atomic E-state index is 12.4. The van der Waals surface area contributed by atoms with E-state index in [4.69, 9.17) is 4.74 Å². The first-order valence-electron chi connectivity index (χ1n) is 8.90. The van der Waals surface area contributed by atoms with Crippen LogP contribution in [0.2, 0.25) is 0 Å². The van der Waals surface area contributed by atoms with Crippen molar-refractivity contribution in [3.05, 3.63) is 36.4 Å². The van der Waals surface area contributed by atoms with E-state index in [1.807, 2.05) is 12.2 Å². The molecule has 1 N–H and O–H groups in total. The van der Waals surface area contributed by atoms with Crippen molar-refractivity contribution in [2.45, 2.75) is 44.0 Å². The summed E-state index contributed by atoms with van der Waals surface area (Å²) in [6, 6.07) is 5.71. The van der Waals surface area contributed by atoms with Crippen LogP contribution in [0, 0.1) is 5.92 Å². The molecule has 0 radical (unpaired) electrons. The molecule has 1 aliphatic rings. The molecule has 7 nitrogen and oxygen atoms in total. The number of amides is 1. The highest BCUT2D eigenvalue weighted by Crippen LogP contribution is 2.21. The van der Waals surface area contributed by atoms with Gasteiger partial charge in [0.25, 0.3) is 5.91 Å². The fourth-order valence-electron chi connectivity index (χ4n) is 2.64. The fraction of sp³-hybridized carbons (Fsp3) is 0.474. The Morgan fingerprint density at radius 1 is 1.26 bits per heavy atom. The van der Waals surface area contributed by atoms with E-state index >= 15 is 0 Å². The van der Waals surface area contributed by atoms with Crippen molar-refractivity contribution < 1.29 is 22.7 Å². The smallest absolute Gasteiger partial charge is 0.306 e. The van der Waals surface area contributed by atoms with Crippen LogP contribution in [0.4, 0.5) is 5.69 Å². The van der Waals surface area contributed by atoms with Crippen LogP contribution in [0.3, 0.4) is 0 Å². The molecule has 1 aromatic rings. The van der Waals surface area contributed by atoms with Crippen molar-refractivity contribution in [2.75, 3.05) is 19.0 Å². The van der Waals surface area contributed by atoms with Gasteiger partial charge in [0.15, 0.2) is 6.61 Å². The molecule has 0 saturated heterocycles. The number of hydrogen-bond donors (Lipinski definition) is 1. The molecule has 27 heavy (non-hydrogen) atoms. The standard InChI is InChI=1S/C19H26N2O5S/c1-14(2)21(3)27(24,25)17-10-8-16(9-11-17)20-18(22)13-26-19(23)12-15-6-4-5-7-15/h4,6,8-11,14-15H,5,7,12-13H2,1-3H3,(H,20,22)/t15-/m1/s1.